The molecule has 0 bridgehead atoms. The first kappa shape index (κ1) is 13.2. The number of rotatable bonds is 3. The van der Waals surface area contributed by atoms with Crippen LogP contribution < -0.4 is 0 Å². The van der Waals surface area contributed by atoms with Crippen molar-refractivity contribution in [2.24, 2.45) is 0 Å². The van der Waals surface area contributed by atoms with Gasteiger partial charge in [0.25, 0.3) is 5.91 Å². The molecule has 1 aliphatic rings. The molecule has 20 heavy (non-hydrogen) atoms. The van der Waals surface area contributed by atoms with Crippen molar-refractivity contribution in [2.45, 2.75) is 6.04 Å². The third kappa shape index (κ3) is 2.32. The molecule has 6 nitrogen and oxygen atoms in total. The lowest BCUT2D eigenvalue weighted by molar-refractivity contribution is -0.140. The van der Waals surface area contributed by atoms with Gasteiger partial charge in [-0.05, 0) is 11.4 Å². The minimum Gasteiger partial charge on any atom is -0.480 e. The van der Waals surface area contributed by atoms with Crippen molar-refractivity contribution in [3.8, 4) is 10.6 Å². The van der Waals surface area contributed by atoms with E-state index in [1.807, 2.05) is 17.5 Å². The smallest absolute Gasteiger partial charge is 0.327 e. The van der Waals surface area contributed by atoms with Crippen molar-refractivity contribution in [1.82, 2.24) is 10.1 Å². The Bertz CT molecular complexity index is 638. The maximum Gasteiger partial charge on any atom is 0.327 e. The minimum absolute atomic E-state index is 0.141. The summed E-state index contributed by atoms with van der Waals surface area (Å²) in [4.78, 5) is 25.6. The second kappa shape index (κ2) is 5.29. The second-order valence-electron chi connectivity index (χ2n) is 4.18. The average Bonchev–Trinajstić information content (AvgIpc) is 3.17. The molecule has 2 aromatic rings. The summed E-state index contributed by atoms with van der Waals surface area (Å²) in [5.41, 5.74) is 0.141. The molecule has 0 unspecified atom stereocenters. The van der Waals surface area contributed by atoms with Gasteiger partial charge in [0.2, 0.25) is 0 Å². The van der Waals surface area contributed by atoms with Gasteiger partial charge in [-0.25, -0.2) is 4.79 Å². The summed E-state index contributed by atoms with van der Waals surface area (Å²) >= 11 is 2.90. The van der Waals surface area contributed by atoms with Gasteiger partial charge in [0.05, 0.1) is 10.8 Å². The highest BCUT2D eigenvalue weighted by molar-refractivity contribution is 7.99. The predicted octanol–water partition coefficient (Wildman–Crippen LogP) is 2.00. The molecular formula is C12H10N2O4S2. The number of thiophene rings is 1. The third-order valence-electron chi connectivity index (χ3n) is 2.92. The number of amides is 1. The highest BCUT2D eigenvalue weighted by Gasteiger charge is 2.36. The zero-order valence-corrected chi connectivity index (χ0v) is 11.8. The predicted molar refractivity (Wildman–Crippen MR) is 74.7 cm³/mol. The summed E-state index contributed by atoms with van der Waals surface area (Å²) in [6.45, 7) is 0. The van der Waals surface area contributed by atoms with E-state index in [0.29, 0.717) is 17.4 Å². The molecule has 1 aliphatic heterocycles. The Morgan fingerprint density at radius 2 is 2.35 bits per heavy atom. The Labute approximate surface area is 122 Å². The fourth-order valence-corrected chi connectivity index (χ4v) is 3.72. The highest BCUT2D eigenvalue weighted by Crippen LogP contribution is 2.27. The Balaban J connectivity index is 1.83. The van der Waals surface area contributed by atoms with Gasteiger partial charge < -0.3 is 14.5 Å². The van der Waals surface area contributed by atoms with Gasteiger partial charge in [-0.15, -0.1) is 23.1 Å². The van der Waals surface area contributed by atoms with Gasteiger partial charge in [0, 0.05) is 11.8 Å². The van der Waals surface area contributed by atoms with E-state index < -0.39 is 17.9 Å². The fraction of sp³-hybridized carbons (Fsp3) is 0.250. The molecule has 0 aliphatic carbocycles. The number of carbonyl (C=O) groups excluding carboxylic acids is 1. The van der Waals surface area contributed by atoms with Crippen LogP contribution in [0.5, 0.6) is 0 Å². The van der Waals surface area contributed by atoms with Gasteiger partial charge >= 0.3 is 5.97 Å². The van der Waals surface area contributed by atoms with Crippen molar-refractivity contribution in [3.63, 3.8) is 0 Å². The molecule has 0 saturated carbocycles. The molecule has 1 atom stereocenters. The summed E-state index contributed by atoms with van der Waals surface area (Å²) < 4.78 is 5.14. The quantitative estimate of drug-likeness (QED) is 0.933. The lowest BCUT2D eigenvalue weighted by atomic mass is 10.2. The number of aromatic nitrogens is 1. The van der Waals surface area contributed by atoms with E-state index in [9.17, 15) is 9.59 Å². The minimum atomic E-state index is -0.995. The number of hydrogen-bond donors (Lipinski definition) is 1. The first-order valence-corrected chi connectivity index (χ1v) is 7.82. The van der Waals surface area contributed by atoms with E-state index in [4.69, 9.17) is 9.63 Å². The van der Waals surface area contributed by atoms with E-state index in [-0.39, 0.29) is 5.69 Å². The van der Waals surface area contributed by atoms with Crippen LogP contribution in [0, 0.1) is 0 Å². The monoisotopic (exact) mass is 310 g/mol. The summed E-state index contributed by atoms with van der Waals surface area (Å²) in [5, 5.41) is 14.7. The zero-order valence-electron chi connectivity index (χ0n) is 10.2. The highest BCUT2D eigenvalue weighted by atomic mass is 32.2. The molecule has 104 valence electrons. The standard InChI is InChI=1S/C12H10N2O4S2/c15-11(14-6-19-5-8(14)12(16)17)7-4-9(18-13-7)10-2-1-3-20-10/h1-4,8H,5-6H2,(H,16,17)/t8-/m0/s1. The van der Waals surface area contributed by atoms with Crippen molar-refractivity contribution in [1.29, 1.82) is 0 Å². The first-order chi connectivity index (χ1) is 9.66. The molecule has 1 amide bonds. The molecule has 2 aromatic heterocycles. The third-order valence-corrected chi connectivity index (χ3v) is 4.82. The summed E-state index contributed by atoms with van der Waals surface area (Å²) in [6, 6.07) is 4.50. The van der Waals surface area contributed by atoms with Gasteiger partial charge in [-0.1, -0.05) is 11.2 Å². The lowest BCUT2D eigenvalue weighted by Gasteiger charge is -2.18. The van der Waals surface area contributed by atoms with Crippen molar-refractivity contribution in [3.05, 3.63) is 29.3 Å². The van der Waals surface area contributed by atoms with E-state index in [0.717, 1.165) is 4.88 Å². The van der Waals surface area contributed by atoms with Crippen LogP contribution in [0.4, 0.5) is 0 Å². The molecular weight excluding hydrogens is 300 g/mol. The Hall–Kier alpha value is -1.80. The maximum absolute atomic E-state index is 12.3. The topological polar surface area (TPSA) is 83.6 Å². The number of carboxylic acid groups (broad SMARTS) is 1. The van der Waals surface area contributed by atoms with Gasteiger partial charge in [0.1, 0.15) is 6.04 Å². The van der Waals surface area contributed by atoms with Crippen LogP contribution in [-0.2, 0) is 4.79 Å². The van der Waals surface area contributed by atoms with Gasteiger partial charge in [-0.2, -0.15) is 0 Å². The van der Waals surface area contributed by atoms with Crippen LogP contribution in [0.1, 0.15) is 10.5 Å². The van der Waals surface area contributed by atoms with Crippen LogP contribution >= 0.6 is 23.1 Å². The molecule has 3 heterocycles. The van der Waals surface area contributed by atoms with Crippen LogP contribution in [0.15, 0.2) is 28.1 Å². The average molecular weight is 310 g/mol. The molecule has 1 fully saturated rings. The molecule has 3 rings (SSSR count). The SMILES string of the molecule is O=C(O)[C@@H]1CSCN1C(=O)c1cc(-c2cccs2)on1. The van der Waals surface area contributed by atoms with Crippen LogP contribution in [0.2, 0.25) is 0 Å². The molecule has 1 N–H and O–H groups in total. The number of aliphatic carboxylic acids is 1. The van der Waals surface area contributed by atoms with Gasteiger partial charge in [-0.3, -0.25) is 4.79 Å². The summed E-state index contributed by atoms with van der Waals surface area (Å²) in [6.07, 6.45) is 0. The molecule has 0 spiro atoms. The maximum atomic E-state index is 12.3. The van der Waals surface area contributed by atoms with E-state index in [1.165, 1.54) is 28.0 Å². The van der Waals surface area contributed by atoms with E-state index in [2.05, 4.69) is 5.16 Å². The normalized spacial score (nSPS) is 18.4. The van der Waals surface area contributed by atoms with Gasteiger partial charge in [0.15, 0.2) is 11.5 Å². The van der Waals surface area contributed by atoms with Crippen LogP contribution in [0.25, 0.3) is 10.6 Å². The van der Waals surface area contributed by atoms with Crippen molar-refractivity contribution < 1.29 is 19.2 Å². The number of hydrogen-bond acceptors (Lipinski definition) is 6. The van der Waals surface area contributed by atoms with Crippen LogP contribution in [-0.4, -0.2) is 44.7 Å². The fourth-order valence-electron chi connectivity index (χ4n) is 1.91. The van der Waals surface area contributed by atoms with E-state index in [1.54, 1.807) is 6.07 Å². The number of thioether (sulfide) groups is 1. The van der Waals surface area contributed by atoms with E-state index >= 15 is 0 Å². The number of carbonyl (C=O) groups is 2. The molecule has 8 heteroatoms. The van der Waals surface area contributed by atoms with Crippen LogP contribution in [0.3, 0.4) is 0 Å². The Morgan fingerprint density at radius 3 is 3.05 bits per heavy atom. The number of carboxylic acids is 1. The number of nitrogens with zero attached hydrogens (tertiary/aromatic N) is 2. The second-order valence-corrected chi connectivity index (χ2v) is 6.13. The molecule has 1 saturated heterocycles. The zero-order chi connectivity index (χ0) is 14.1. The largest absolute Gasteiger partial charge is 0.480 e. The Morgan fingerprint density at radius 1 is 1.50 bits per heavy atom. The summed E-state index contributed by atoms with van der Waals surface area (Å²) in [5.74, 6) is -0.130. The van der Waals surface area contributed by atoms with Crippen molar-refractivity contribution >= 4 is 35.0 Å². The van der Waals surface area contributed by atoms with Crippen molar-refractivity contribution in [2.75, 3.05) is 11.6 Å². The summed E-state index contributed by atoms with van der Waals surface area (Å²) in [7, 11) is 0. The Kier molecular flexibility index (Phi) is 3.49. The molecule has 0 radical (unpaired) electrons. The lowest BCUT2D eigenvalue weighted by Crippen LogP contribution is -2.41. The molecule has 0 aromatic carbocycles. The first-order valence-electron chi connectivity index (χ1n) is 5.79.